The third-order valence-electron chi connectivity index (χ3n) is 3.40. The minimum atomic E-state index is -0.0663. The normalized spacial score (nSPS) is 18.9. The minimum absolute atomic E-state index is 0.0287. The number of methoxy groups -OCH3 is 1. The molecule has 1 atom stereocenters. The van der Waals surface area contributed by atoms with Crippen molar-refractivity contribution in [2.45, 2.75) is 45.1 Å². The van der Waals surface area contributed by atoms with Gasteiger partial charge in [-0.25, -0.2) is 0 Å². The number of nitrogens with one attached hydrogen (secondary N) is 1. The highest BCUT2D eigenvalue weighted by molar-refractivity contribution is 5.75. The van der Waals surface area contributed by atoms with Gasteiger partial charge in [0.2, 0.25) is 0 Å². The van der Waals surface area contributed by atoms with Crippen molar-refractivity contribution in [2.75, 3.05) is 33.3 Å². The van der Waals surface area contributed by atoms with Crippen LogP contribution in [0.4, 0.5) is 0 Å². The van der Waals surface area contributed by atoms with E-state index in [0.29, 0.717) is 0 Å². The van der Waals surface area contributed by atoms with E-state index in [2.05, 4.69) is 17.1 Å². The zero-order valence-electron chi connectivity index (χ0n) is 11.2. The zero-order chi connectivity index (χ0) is 12.5. The van der Waals surface area contributed by atoms with Crippen LogP contribution in [0, 0.1) is 0 Å². The van der Waals surface area contributed by atoms with Crippen molar-refractivity contribution in [3.63, 3.8) is 0 Å². The van der Waals surface area contributed by atoms with E-state index in [1.165, 1.54) is 26.4 Å². The molecule has 0 radical (unpaired) electrons. The van der Waals surface area contributed by atoms with Crippen molar-refractivity contribution >= 4 is 5.97 Å². The molecule has 1 aliphatic heterocycles. The van der Waals surface area contributed by atoms with Gasteiger partial charge in [-0.05, 0) is 6.42 Å². The number of hydrogen-bond acceptors (Lipinski definition) is 4. The number of carbonyl (C=O) groups is 1. The molecule has 0 aromatic rings. The molecule has 0 aromatic heterocycles. The summed E-state index contributed by atoms with van der Waals surface area (Å²) in [4.78, 5) is 14.0. The van der Waals surface area contributed by atoms with Crippen LogP contribution in [-0.4, -0.2) is 50.2 Å². The van der Waals surface area contributed by atoms with Crippen molar-refractivity contribution in [1.82, 2.24) is 10.2 Å². The molecule has 100 valence electrons. The maximum atomic E-state index is 11.8. The van der Waals surface area contributed by atoms with Crippen molar-refractivity contribution in [2.24, 2.45) is 0 Å². The Kier molecular flexibility index (Phi) is 7.21. The van der Waals surface area contributed by atoms with Crippen molar-refractivity contribution in [3.05, 3.63) is 0 Å². The first kappa shape index (κ1) is 14.5. The van der Waals surface area contributed by atoms with Crippen LogP contribution in [-0.2, 0) is 9.53 Å². The fourth-order valence-corrected chi connectivity index (χ4v) is 2.34. The van der Waals surface area contributed by atoms with Crippen LogP contribution in [0.25, 0.3) is 0 Å². The average molecular weight is 242 g/mol. The van der Waals surface area contributed by atoms with Crippen LogP contribution in [0.15, 0.2) is 0 Å². The van der Waals surface area contributed by atoms with Gasteiger partial charge >= 0.3 is 5.97 Å². The lowest BCUT2D eigenvalue weighted by Gasteiger charge is -2.33. The average Bonchev–Trinajstić information content (AvgIpc) is 2.39. The van der Waals surface area contributed by atoms with E-state index in [0.717, 1.165) is 39.0 Å². The van der Waals surface area contributed by atoms with Gasteiger partial charge in [-0.15, -0.1) is 0 Å². The molecule has 1 unspecified atom stereocenters. The summed E-state index contributed by atoms with van der Waals surface area (Å²) >= 11 is 0. The lowest BCUT2D eigenvalue weighted by molar-refractivity contribution is -0.147. The highest BCUT2D eigenvalue weighted by atomic mass is 16.5. The molecule has 1 N–H and O–H groups in total. The second-order valence-corrected chi connectivity index (χ2v) is 4.67. The monoisotopic (exact) mass is 242 g/mol. The predicted octanol–water partition coefficient (Wildman–Crippen LogP) is 1.40. The summed E-state index contributed by atoms with van der Waals surface area (Å²) in [6, 6.07) is -0.0287. The number of unbranched alkanes of at least 4 members (excludes halogenated alkanes) is 3. The molecule has 0 saturated carbocycles. The van der Waals surface area contributed by atoms with Crippen LogP contribution < -0.4 is 5.32 Å². The molecule has 0 amide bonds. The van der Waals surface area contributed by atoms with E-state index in [1.807, 2.05) is 0 Å². The summed E-state index contributed by atoms with van der Waals surface area (Å²) in [5.74, 6) is -0.0663. The number of piperazine rings is 1. The molecular weight excluding hydrogens is 216 g/mol. The molecule has 0 spiro atoms. The van der Waals surface area contributed by atoms with Gasteiger partial charge in [-0.3, -0.25) is 9.69 Å². The van der Waals surface area contributed by atoms with Crippen molar-refractivity contribution in [1.29, 1.82) is 0 Å². The highest BCUT2D eigenvalue weighted by Crippen LogP contribution is 2.13. The molecule has 1 fully saturated rings. The number of carbonyl (C=O) groups excluding carboxylic acids is 1. The number of nitrogens with zero attached hydrogens (tertiary/aromatic N) is 1. The summed E-state index contributed by atoms with van der Waals surface area (Å²) in [6.07, 6.45) is 5.77. The van der Waals surface area contributed by atoms with Gasteiger partial charge in [0.05, 0.1) is 7.11 Å². The standard InChI is InChI=1S/C13H26N2O2/c1-3-4-5-6-7-12(13(16)17-2)15-10-8-14-9-11-15/h12,14H,3-11H2,1-2H3. The second-order valence-electron chi connectivity index (χ2n) is 4.67. The molecule has 0 bridgehead atoms. The third-order valence-corrected chi connectivity index (χ3v) is 3.40. The summed E-state index contributed by atoms with van der Waals surface area (Å²) in [6.45, 7) is 6.06. The predicted molar refractivity (Wildman–Crippen MR) is 69.0 cm³/mol. The van der Waals surface area contributed by atoms with Crippen molar-refractivity contribution in [3.8, 4) is 0 Å². The van der Waals surface area contributed by atoms with Gasteiger partial charge in [0.25, 0.3) is 0 Å². The summed E-state index contributed by atoms with van der Waals surface area (Å²) in [7, 11) is 1.49. The third kappa shape index (κ3) is 5.04. The Bertz CT molecular complexity index is 215. The van der Waals surface area contributed by atoms with E-state index < -0.39 is 0 Å². The van der Waals surface area contributed by atoms with E-state index in [9.17, 15) is 4.79 Å². The molecule has 4 heteroatoms. The van der Waals surface area contributed by atoms with Gasteiger partial charge in [0.15, 0.2) is 0 Å². The molecule has 0 aliphatic carbocycles. The topological polar surface area (TPSA) is 41.6 Å². The Labute approximate surface area is 105 Å². The molecular formula is C13H26N2O2. The Morgan fingerprint density at radius 3 is 2.59 bits per heavy atom. The zero-order valence-corrected chi connectivity index (χ0v) is 11.2. The first-order chi connectivity index (χ1) is 8.29. The van der Waals surface area contributed by atoms with Crippen LogP contribution in [0.5, 0.6) is 0 Å². The number of hydrogen-bond donors (Lipinski definition) is 1. The Balaban J connectivity index is 2.39. The van der Waals surface area contributed by atoms with Gasteiger partial charge in [0.1, 0.15) is 6.04 Å². The van der Waals surface area contributed by atoms with E-state index in [4.69, 9.17) is 4.74 Å². The number of ether oxygens (including phenoxy) is 1. The first-order valence-corrected chi connectivity index (χ1v) is 6.82. The largest absolute Gasteiger partial charge is 0.468 e. The maximum Gasteiger partial charge on any atom is 0.323 e. The summed E-state index contributed by atoms with van der Waals surface area (Å²) in [5, 5.41) is 3.31. The van der Waals surface area contributed by atoms with Crippen LogP contribution in [0.2, 0.25) is 0 Å². The maximum absolute atomic E-state index is 11.8. The quantitative estimate of drug-likeness (QED) is 0.541. The lowest BCUT2D eigenvalue weighted by Crippen LogP contribution is -2.51. The fourth-order valence-electron chi connectivity index (χ4n) is 2.34. The molecule has 1 aliphatic rings. The molecule has 1 saturated heterocycles. The van der Waals surface area contributed by atoms with Gasteiger partial charge in [-0.1, -0.05) is 32.6 Å². The molecule has 0 aromatic carbocycles. The van der Waals surface area contributed by atoms with Crippen LogP contribution >= 0.6 is 0 Å². The smallest absolute Gasteiger partial charge is 0.323 e. The Hall–Kier alpha value is -0.610. The minimum Gasteiger partial charge on any atom is -0.468 e. The lowest BCUT2D eigenvalue weighted by atomic mass is 10.1. The van der Waals surface area contributed by atoms with Crippen LogP contribution in [0.3, 0.4) is 0 Å². The number of rotatable bonds is 7. The highest BCUT2D eigenvalue weighted by Gasteiger charge is 2.26. The molecule has 1 rings (SSSR count). The molecule has 1 heterocycles. The van der Waals surface area contributed by atoms with Crippen LogP contribution in [0.1, 0.15) is 39.0 Å². The fraction of sp³-hybridized carbons (Fsp3) is 0.923. The van der Waals surface area contributed by atoms with Gasteiger partial charge in [0, 0.05) is 26.2 Å². The molecule has 17 heavy (non-hydrogen) atoms. The van der Waals surface area contributed by atoms with E-state index in [1.54, 1.807) is 0 Å². The van der Waals surface area contributed by atoms with E-state index in [-0.39, 0.29) is 12.0 Å². The molecule has 4 nitrogen and oxygen atoms in total. The first-order valence-electron chi connectivity index (χ1n) is 6.82. The SMILES string of the molecule is CCCCCCC(C(=O)OC)N1CCNCC1. The Morgan fingerprint density at radius 1 is 1.29 bits per heavy atom. The summed E-state index contributed by atoms with van der Waals surface area (Å²) < 4.78 is 4.92. The second kappa shape index (κ2) is 8.48. The van der Waals surface area contributed by atoms with E-state index >= 15 is 0 Å². The van der Waals surface area contributed by atoms with Crippen molar-refractivity contribution < 1.29 is 9.53 Å². The number of esters is 1. The Morgan fingerprint density at radius 2 is 2.00 bits per heavy atom. The van der Waals surface area contributed by atoms with Gasteiger partial charge < -0.3 is 10.1 Å². The van der Waals surface area contributed by atoms with Gasteiger partial charge in [-0.2, -0.15) is 0 Å². The summed E-state index contributed by atoms with van der Waals surface area (Å²) in [5.41, 5.74) is 0.